The molecule has 3 heteroatoms. The van der Waals surface area contributed by atoms with Crippen molar-refractivity contribution in [3.05, 3.63) is 34.9 Å². The Balaban J connectivity index is 1.88. The van der Waals surface area contributed by atoms with Gasteiger partial charge in [0.25, 0.3) is 0 Å². The molecule has 1 heterocycles. The van der Waals surface area contributed by atoms with Gasteiger partial charge in [0.2, 0.25) is 0 Å². The van der Waals surface area contributed by atoms with Crippen molar-refractivity contribution < 1.29 is 0 Å². The normalized spacial score (nSPS) is 20.4. The van der Waals surface area contributed by atoms with Gasteiger partial charge in [0, 0.05) is 17.1 Å². The fraction of sp³-hybridized carbons (Fsp3) is 0.571. The molecule has 0 amide bonds. The minimum Gasteiger partial charge on any atom is -0.328 e. The lowest BCUT2D eigenvalue weighted by molar-refractivity contribution is 0.162. The molecule has 1 atom stereocenters. The lowest BCUT2D eigenvalue weighted by Crippen LogP contribution is -2.44. The summed E-state index contributed by atoms with van der Waals surface area (Å²) in [4.78, 5) is 2.54. The van der Waals surface area contributed by atoms with Crippen LogP contribution in [0.5, 0.6) is 0 Å². The molecule has 2 N–H and O–H groups in total. The average molecular weight is 253 g/mol. The molecule has 94 valence electrons. The van der Waals surface area contributed by atoms with Crippen molar-refractivity contribution in [3.63, 3.8) is 0 Å². The molecule has 1 aliphatic rings. The van der Waals surface area contributed by atoms with Gasteiger partial charge < -0.3 is 10.6 Å². The summed E-state index contributed by atoms with van der Waals surface area (Å²) in [5, 5.41) is 0.811. The number of halogens is 1. The fourth-order valence-corrected chi connectivity index (χ4v) is 2.58. The van der Waals surface area contributed by atoms with Crippen LogP contribution in [0.15, 0.2) is 24.3 Å². The monoisotopic (exact) mass is 252 g/mol. The van der Waals surface area contributed by atoms with E-state index in [1.54, 1.807) is 0 Å². The van der Waals surface area contributed by atoms with E-state index in [2.05, 4.69) is 24.0 Å². The van der Waals surface area contributed by atoms with Gasteiger partial charge in [-0.3, -0.25) is 0 Å². The Morgan fingerprint density at radius 1 is 1.29 bits per heavy atom. The summed E-state index contributed by atoms with van der Waals surface area (Å²) in [5.74, 6) is 0. The highest BCUT2D eigenvalue weighted by Gasteiger charge is 2.20. The summed E-state index contributed by atoms with van der Waals surface area (Å²) in [6, 6.07) is 9.17. The molecule has 1 aromatic carbocycles. The topological polar surface area (TPSA) is 29.3 Å². The van der Waals surface area contributed by atoms with Crippen LogP contribution in [0.2, 0.25) is 5.02 Å². The molecule has 0 bridgehead atoms. The van der Waals surface area contributed by atoms with Gasteiger partial charge in [0.15, 0.2) is 0 Å². The van der Waals surface area contributed by atoms with Crippen LogP contribution in [-0.2, 0) is 6.42 Å². The molecular weight excluding hydrogens is 232 g/mol. The van der Waals surface area contributed by atoms with E-state index in [0.29, 0.717) is 12.1 Å². The quantitative estimate of drug-likeness (QED) is 0.896. The highest BCUT2D eigenvalue weighted by Crippen LogP contribution is 2.16. The van der Waals surface area contributed by atoms with E-state index in [9.17, 15) is 0 Å². The first-order valence-corrected chi connectivity index (χ1v) is 6.77. The molecule has 0 radical (unpaired) electrons. The fourth-order valence-electron chi connectivity index (χ4n) is 2.45. The maximum atomic E-state index is 5.92. The van der Waals surface area contributed by atoms with Crippen LogP contribution >= 0.6 is 11.6 Å². The first-order chi connectivity index (χ1) is 8.15. The van der Waals surface area contributed by atoms with Crippen LogP contribution in [0.3, 0.4) is 0 Å². The van der Waals surface area contributed by atoms with Crippen molar-refractivity contribution in [2.24, 2.45) is 5.73 Å². The number of hydrogen-bond acceptors (Lipinski definition) is 2. The van der Waals surface area contributed by atoms with Crippen molar-refractivity contribution in [1.29, 1.82) is 0 Å². The molecule has 0 saturated carbocycles. The average Bonchev–Trinajstić information content (AvgIpc) is 2.33. The minimum absolute atomic E-state index is 0.411. The Hall–Kier alpha value is -0.570. The van der Waals surface area contributed by atoms with Crippen LogP contribution in [0, 0.1) is 0 Å². The zero-order valence-electron chi connectivity index (χ0n) is 10.4. The van der Waals surface area contributed by atoms with Crippen molar-refractivity contribution in [3.8, 4) is 0 Å². The van der Waals surface area contributed by atoms with Crippen LogP contribution in [0.4, 0.5) is 0 Å². The highest BCUT2D eigenvalue weighted by atomic mass is 35.5. The van der Waals surface area contributed by atoms with E-state index in [1.165, 1.54) is 5.56 Å². The first kappa shape index (κ1) is 12.9. The number of hydrogen-bond donors (Lipinski definition) is 1. The van der Waals surface area contributed by atoms with Crippen molar-refractivity contribution in [2.45, 2.75) is 38.3 Å². The summed E-state index contributed by atoms with van der Waals surface area (Å²) in [6.07, 6.45) is 3.35. The standard InChI is InChI=1S/C14H21ClN2/c1-11(17-8-6-14(16)7-9-17)10-12-2-4-13(15)5-3-12/h2-5,11,14H,6-10,16H2,1H3. The maximum absolute atomic E-state index is 5.92. The smallest absolute Gasteiger partial charge is 0.0406 e. The summed E-state index contributed by atoms with van der Waals surface area (Å²) >= 11 is 5.89. The zero-order valence-corrected chi connectivity index (χ0v) is 11.2. The van der Waals surface area contributed by atoms with Crippen molar-refractivity contribution in [1.82, 2.24) is 4.90 Å². The number of piperidine rings is 1. The number of likely N-dealkylation sites (tertiary alicyclic amines) is 1. The molecule has 17 heavy (non-hydrogen) atoms. The third-order valence-electron chi connectivity index (χ3n) is 3.64. The van der Waals surface area contributed by atoms with Crippen LogP contribution < -0.4 is 5.73 Å². The maximum Gasteiger partial charge on any atom is 0.0406 e. The van der Waals surface area contributed by atoms with Crippen molar-refractivity contribution in [2.75, 3.05) is 13.1 Å². The Labute approximate surface area is 109 Å². The van der Waals surface area contributed by atoms with Gasteiger partial charge >= 0.3 is 0 Å². The van der Waals surface area contributed by atoms with E-state index < -0.39 is 0 Å². The Morgan fingerprint density at radius 3 is 2.47 bits per heavy atom. The molecule has 1 unspecified atom stereocenters. The van der Waals surface area contributed by atoms with Crippen molar-refractivity contribution >= 4 is 11.6 Å². The van der Waals surface area contributed by atoms with E-state index in [4.69, 9.17) is 17.3 Å². The van der Waals surface area contributed by atoms with E-state index >= 15 is 0 Å². The number of nitrogens with zero attached hydrogens (tertiary/aromatic N) is 1. The van der Waals surface area contributed by atoms with Crippen LogP contribution in [0.25, 0.3) is 0 Å². The van der Waals surface area contributed by atoms with Gasteiger partial charge in [0.05, 0.1) is 0 Å². The second kappa shape index (κ2) is 5.85. The summed E-state index contributed by atoms with van der Waals surface area (Å²) in [7, 11) is 0. The molecule has 0 aliphatic carbocycles. The van der Waals surface area contributed by atoms with E-state index in [1.807, 2.05) is 12.1 Å². The SMILES string of the molecule is CC(Cc1ccc(Cl)cc1)N1CCC(N)CC1. The van der Waals surface area contributed by atoms with E-state index in [-0.39, 0.29) is 0 Å². The molecule has 0 spiro atoms. The zero-order chi connectivity index (χ0) is 12.3. The third-order valence-corrected chi connectivity index (χ3v) is 3.89. The first-order valence-electron chi connectivity index (χ1n) is 6.39. The van der Waals surface area contributed by atoms with Gasteiger partial charge in [0.1, 0.15) is 0 Å². The largest absolute Gasteiger partial charge is 0.328 e. The molecule has 0 aromatic heterocycles. The van der Waals surface area contributed by atoms with Gasteiger partial charge in [-0.05, 0) is 57.0 Å². The van der Waals surface area contributed by atoms with Gasteiger partial charge in [-0.1, -0.05) is 23.7 Å². The predicted molar refractivity (Wildman–Crippen MR) is 73.4 cm³/mol. The second-order valence-corrected chi connectivity index (χ2v) is 5.49. The summed E-state index contributed by atoms with van der Waals surface area (Å²) in [5.41, 5.74) is 7.28. The Bertz CT molecular complexity index is 342. The highest BCUT2D eigenvalue weighted by molar-refractivity contribution is 6.30. The third kappa shape index (κ3) is 3.70. The van der Waals surface area contributed by atoms with Crippen LogP contribution in [0.1, 0.15) is 25.3 Å². The lowest BCUT2D eigenvalue weighted by atomic mass is 10.0. The van der Waals surface area contributed by atoms with Gasteiger partial charge in [-0.15, -0.1) is 0 Å². The molecule has 1 aromatic rings. The minimum atomic E-state index is 0.411. The summed E-state index contributed by atoms with van der Waals surface area (Å²) in [6.45, 7) is 4.57. The van der Waals surface area contributed by atoms with Crippen LogP contribution in [-0.4, -0.2) is 30.1 Å². The Morgan fingerprint density at radius 2 is 1.88 bits per heavy atom. The van der Waals surface area contributed by atoms with Gasteiger partial charge in [-0.25, -0.2) is 0 Å². The molecule has 1 fully saturated rings. The predicted octanol–water partition coefficient (Wildman–Crippen LogP) is 2.69. The molecule has 2 nitrogen and oxygen atoms in total. The van der Waals surface area contributed by atoms with Gasteiger partial charge in [-0.2, -0.15) is 0 Å². The Kier molecular flexibility index (Phi) is 4.43. The number of rotatable bonds is 3. The second-order valence-electron chi connectivity index (χ2n) is 5.05. The number of nitrogens with two attached hydrogens (primary N) is 1. The summed E-state index contributed by atoms with van der Waals surface area (Å²) < 4.78 is 0. The lowest BCUT2D eigenvalue weighted by Gasteiger charge is -2.34. The van der Waals surface area contributed by atoms with E-state index in [0.717, 1.165) is 37.4 Å². The molecule has 1 aliphatic heterocycles. The molecular formula is C14H21ClN2. The molecule has 1 saturated heterocycles. The number of benzene rings is 1. The molecule has 2 rings (SSSR count).